The molecule has 0 unspecified atom stereocenters. The molecule has 1 aromatic heterocycles. The van der Waals surface area contributed by atoms with Crippen LogP contribution >= 0.6 is 0 Å². The lowest BCUT2D eigenvalue weighted by Gasteiger charge is -2.11. The quantitative estimate of drug-likeness (QED) is 0.567. The molecule has 0 spiro atoms. The van der Waals surface area contributed by atoms with Crippen molar-refractivity contribution in [1.82, 2.24) is 14.9 Å². The fraction of sp³-hybridized carbons (Fsp3) is 0.267. The molecule has 8 nitrogen and oxygen atoms in total. The third-order valence-electron chi connectivity index (χ3n) is 3.16. The molecule has 2 rings (SSSR count). The summed E-state index contributed by atoms with van der Waals surface area (Å²) >= 11 is 0. The van der Waals surface area contributed by atoms with Gasteiger partial charge in [-0.05, 0) is 38.4 Å². The highest BCUT2D eigenvalue weighted by molar-refractivity contribution is 7.89. The summed E-state index contributed by atoms with van der Waals surface area (Å²) in [5, 5.41) is 9.46. The van der Waals surface area contributed by atoms with Crippen molar-refractivity contribution in [3.63, 3.8) is 0 Å². The van der Waals surface area contributed by atoms with Crippen LogP contribution in [0.25, 0.3) is 0 Å². The summed E-state index contributed by atoms with van der Waals surface area (Å²) in [7, 11) is 0.260. The van der Waals surface area contributed by atoms with Crippen LogP contribution in [0.2, 0.25) is 0 Å². The zero-order valence-electron chi connectivity index (χ0n) is 13.5. The van der Waals surface area contributed by atoms with Crippen molar-refractivity contribution in [2.75, 3.05) is 26.1 Å². The fourth-order valence-electron chi connectivity index (χ4n) is 1.87. The predicted octanol–water partition coefficient (Wildman–Crippen LogP) is 0.892. The molecule has 0 atom stereocenters. The molecule has 0 radical (unpaired) electrons. The van der Waals surface area contributed by atoms with E-state index in [9.17, 15) is 8.42 Å². The van der Waals surface area contributed by atoms with E-state index in [2.05, 4.69) is 20.5 Å². The van der Waals surface area contributed by atoms with E-state index in [1.54, 1.807) is 30.7 Å². The van der Waals surface area contributed by atoms with Gasteiger partial charge >= 0.3 is 0 Å². The average Bonchev–Trinajstić information content (AvgIpc) is 2.55. The van der Waals surface area contributed by atoms with Crippen LogP contribution in [-0.4, -0.2) is 49.6 Å². The van der Waals surface area contributed by atoms with E-state index in [0.29, 0.717) is 17.8 Å². The normalized spacial score (nSPS) is 12.4. The van der Waals surface area contributed by atoms with Gasteiger partial charge in [-0.1, -0.05) is 0 Å². The number of nitrogens with zero attached hydrogens (tertiary/aromatic N) is 4. The van der Waals surface area contributed by atoms with E-state index in [4.69, 9.17) is 5.14 Å². The van der Waals surface area contributed by atoms with Gasteiger partial charge in [0, 0.05) is 25.4 Å². The van der Waals surface area contributed by atoms with Gasteiger partial charge in [-0.2, -0.15) is 5.10 Å². The Morgan fingerprint density at radius 2 is 1.96 bits per heavy atom. The highest BCUT2D eigenvalue weighted by Gasteiger charge is 2.08. The second-order valence-electron chi connectivity index (χ2n) is 5.38. The van der Waals surface area contributed by atoms with Crippen LogP contribution in [0.3, 0.4) is 0 Å². The number of primary sulfonamides is 1. The number of aromatic nitrogens is 2. The largest absolute Gasteiger partial charge is 0.309 e. The number of hydrogen-bond acceptors (Lipinski definition) is 7. The minimum absolute atomic E-state index is 0.0544. The first-order valence-electron chi connectivity index (χ1n) is 7.23. The Bertz CT molecular complexity index is 788. The molecule has 0 amide bonds. The maximum atomic E-state index is 11.3. The highest BCUT2D eigenvalue weighted by Crippen LogP contribution is 2.13. The van der Waals surface area contributed by atoms with Gasteiger partial charge < -0.3 is 4.90 Å². The summed E-state index contributed by atoms with van der Waals surface area (Å²) in [6.45, 7) is 0.807. The SMILES string of the molecule is CN(C)CC/C(=N\Nc1ccc(S(N)(=O)=O)cc1)c1cnccn1. The van der Waals surface area contributed by atoms with Crippen molar-refractivity contribution in [3.05, 3.63) is 48.5 Å². The number of anilines is 1. The van der Waals surface area contributed by atoms with Crippen LogP contribution in [0, 0.1) is 0 Å². The summed E-state index contributed by atoms with van der Waals surface area (Å²) in [6, 6.07) is 6.05. The standard InChI is InChI=1S/C15H20N6O2S/c1-21(2)10-7-14(15-11-17-8-9-18-15)20-19-12-3-5-13(6-4-12)24(16,22)23/h3-6,8-9,11,19H,7,10H2,1-2H3,(H2,16,22,23)/b20-14+. The van der Waals surface area contributed by atoms with Gasteiger partial charge in [-0.25, -0.2) is 13.6 Å². The Morgan fingerprint density at radius 3 is 2.50 bits per heavy atom. The van der Waals surface area contributed by atoms with Gasteiger partial charge in [0.25, 0.3) is 0 Å². The second kappa shape index (κ2) is 7.95. The molecular formula is C15H20N6O2S. The molecule has 3 N–H and O–H groups in total. The predicted molar refractivity (Wildman–Crippen MR) is 93.2 cm³/mol. The zero-order valence-corrected chi connectivity index (χ0v) is 14.4. The van der Waals surface area contributed by atoms with Crippen LogP contribution in [0.4, 0.5) is 5.69 Å². The molecule has 0 aliphatic carbocycles. The average molecular weight is 348 g/mol. The highest BCUT2D eigenvalue weighted by atomic mass is 32.2. The molecule has 0 aliphatic heterocycles. The molecule has 0 aliphatic rings. The van der Waals surface area contributed by atoms with E-state index in [0.717, 1.165) is 12.3 Å². The Balaban J connectivity index is 2.17. The van der Waals surface area contributed by atoms with Crippen LogP contribution in [0.1, 0.15) is 12.1 Å². The number of nitrogens with two attached hydrogens (primary N) is 1. The third kappa shape index (κ3) is 5.37. The molecule has 0 bridgehead atoms. The minimum atomic E-state index is -3.70. The molecule has 0 saturated carbocycles. The lowest BCUT2D eigenvalue weighted by atomic mass is 10.2. The maximum Gasteiger partial charge on any atom is 0.238 e. The third-order valence-corrected chi connectivity index (χ3v) is 4.09. The maximum absolute atomic E-state index is 11.3. The molecule has 2 aromatic rings. The summed E-state index contributed by atoms with van der Waals surface area (Å²) in [5.41, 5.74) is 5.00. The van der Waals surface area contributed by atoms with E-state index < -0.39 is 10.0 Å². The van der Waals surface area contributed by atoms with E-state index in [1.165, 1.54) is 12.1 Å². The molecule has 0 saturated heterocycles. The summed E-state index contributed by atoms with van der Waals surface area (Å²) in [6.07, 6.45) is 5.56. The van der Waals surface area contributed by atoms with E-state index >= 15 is 0 Å². The molecule has 0 fully saturated rings. The molecular weight excluding hydrogens is 328 g/mol. The molecule has 1 heterocycles. The van der Waals surface area contributed by atoms with Crippen molar-refractivity contribution in [1.29, 1.82) is 0 Å². The lowest BCUT2D eigenvalue weighted by Crippen LogP contribution is -2.18. The van der Waals surface area contributed by atoms with Crippen molar-refractivity contribution < 1.29 is 8.42 Å². The Labute approximate surface area is 141 Å². The lowest BCUT2D eigenvalue weighted by molar-refractivity contribution is 0.422. The van der Waals surface area contributed by atoms with Gasteiger partial charge in [-0.3, -0.25) is 15.4 Å². The Hall–Kier alpha value is -2.36. The van der Waals surface area contributed by atoms with E-state index in [-0.39, 0.29) is 4.90 Å². The van der Waals surface area contributed by atoms with Gasteiger partial charge in [-0.15, -0.1) is 0 Å². The second-order valence-corrected chi connectivity index (χ2v) is 6.95. The van der Waals surface area contributed by atoms with Gasteiger partial charge in [0.1, 0.15) is 5.69 Å². The fourth-order valence-corrected chi connectivity index (χ4v) is 2.39. The summed E-state index contributed by atoms with van der Waals surface area (Å²) < 4.78 is 22.5. The number of benzene rings is 1. The van der Waals surface area contributed by atoms with Gasteiger partial charge in [0.15, 0.2) is 0 Å². The zero-order chi connectivity index (χ0) is 17.6. The number of hydrogen-bond donors (Lipinski definition) is 2. The monoisotopic (exact) mass is 348 g/mol. The Kier molecular flexibility index (Phi) is 5.96. The topological polar surface area (TPSA) is 114 Å². The first kappa shape index (κ1) is 18.0. The van der Waals surface area contributed by atoms with Crippen LogP contribution in [0.15, 0.2) is 52.9 Å². The van der Waals surface area contributed by atoms with Crippen molar-refractivity contribution in [3.8, 4) is 0 Å². The Morgan fingerprint density at radius 1 is 1.25 bits per heavy atom. The van der Waals surface area contributed by atoms with E-state index in [1.807, 2.05) is 19.0 Å². The van der Waals surface area contributed by atoms with Crippen LogP contribution < -0.4 is 10.6 Å². The first-order valence-corrected chi connectivity index (χ1v) is 8.77. The van der Waals surface area contributed by atoms with Crippen molar-refractivity contribution in [2.24, 2.45) is 10.2 Å². The number of hydrazone groups is 1. The van der Waals surface area contributed by atoms with Crippen LogP contribution in [0.5, 0.6) is 0 Å². The number of sulfonamides is 1. The summed E-state index contributed by atoms with van der Waals surface area (Å²) in [4.78, 5) is 10.4. The van der Waals surface area contributed by atoms with Gasteiger partial charge in [0.05, 0.1) is 22.5 Å². The molecule has 1 aromatic carbocycles. The van der Waals surface area contributed by atoms with Gasteiger partial charge in [0.2, 0.25) is 10.0 Å². The number of nitrogens with one attached hydrogen (secondary N) is 1. The van der Waals surface area contributed by atoms with Crippen LogP contribution in [-0.2, 0) is 10.0 Å². The molecule has 128 valence electrons. The summed E-state index contributed by atoms with van der Waals surface area (Å²) in [5.74, 6) is 0. The smallest absolute Gasteiger partial charge is 0.238 e. The number of rotatable bonds is 7. The van der Waals surface area contributed by atoms with Crippen molar-refractivity contribution in [2.45, 2.75) is 11.3 Å². The molecule has 9 heteroatoms. The minimum Gasteiger partial charge on any atom is -0.309 e. The van der Waals surface area contributed by atoms with Crippen molar-refractivity contribution >= 4 is 21.4 Å². The first-order chi connectivity index (χ1) is 11.4. The molecule has 24 heavy (non-hydrogen) atoms.